The summed E-state index contributed by atoms with van der Waals surface area (Å²) in [5.74, 6) is 0.526. The van der Waals surface area contributed by atoms with Gasteiger partial charge in [-0.3, -0.25) is 4.79 Å². The van der Waals surface area contributed by atoms with Gasteiger partial charge in [0, 0.05) is 21.7 Å². The van der Waals surface area contributed by atoms with Gasteiger partial charge < -0.3 is 4.74 Å². The molecule has 3 aromatic carbocycles. The van der Waals surface area contributed by atoms with E-state index in [1.165, 1.54) is 6.21 Å². The molecule has 0 aromatic heterocycles. The van der Waals surface area contributed by atoms with Crippen LogP contribution in [0.4, 0.5) is 0 Å². The molecule has 0 spiro atoms. The molecule has 3 N–H and O–H groups in total. The lowest BCUT2D eigenvalue weighted by Crippen LogP contribution is -2.41. The Labute approximate surface area is 206 Å². The number of nitrogens with zero attached hydrogens (tertiary/aromatic N) is 1. The fourth-order valence-electron chi connectivity index (χ4n) is 3.34. The Bertz CT molecular complexity index is 1140. The lowest BCUT2D eigenvalue weighted by atomic mass is 10.0. The molecular weight excluding hydrogens is 483 g/mol. The molecule has 170 valence electrons. The molecule has 0 bridgehead atoms. The minimum atomic E-state index is -0.423. The third kappa shape index (κ3) is 6.47. The van der Waals surface area contributed by atoms with Crippen LogP contribution in [0.2, 0.25) is 15.1 Å². The Morgan fingerprint density at radius 2 is 1.73 bits per heavy atom. The Balaban J connectivity index is 1.26. The van der Waals surface area contributed by atoms with E-state index in [9.17, 15) is 4.79 Å². The summed E-state index contributed by atoms with van der Waals surface area (Å²) in [6.45, 7) is 0.462. The number of amides is 1. The lowest BCUT2D eigenvalue weighted by molar-refractivity contribution is -0.122. The maximum absolute atomic E-state index is 12.4. The second-order valence-corrected chi connectivity index (χ2v) is 8.79. The average Bonchev–Trinajstić information content (AvgIpc) is 3.31. The molecule has 1 aliphatic rings. The van der Waals surface area contributed by atoms with E-state index >= 15 is 0 Å². The van der Waals surface area contributed by atoms with Crippen molar-refractivity contribution >= 4 is 46.9 Å². The highest BCUT2D eigenvalue weighted by molar-refractivity contribution is 6.36. The maximum Gasteiger partial charge on any atom is 0.258 e. The summed E-state index contributed by atoms with van der Waals surface area (Å²) in [4.78, 5) is 12.4. The number of hydrogen-bond acceptors (Lipinski definition) is 5. The molecule has 4 rings (SSSR count). The van der Waals surface area contributed by atoms with E-state index in [-0.39, 0.29) is 11.9 Å². The van der Waals surface area contributed by atoms with Crippen molar-refractivity contribution in [2.24, 2.45) is 5.10 Å². The van der Waals surface area contributed by atoms with E-state index in [4.69, 9.17) is 39.5 Å². The van der Waals surface area contributed by atoms with Crippen molar-refractivity contribution in [2.45, 2.75) is 25.1 Å². The third-order valence-electron chi connectivity index (χ3n) is 5.16. The van der Waals surface area contributed by atoms with E-state index < -0.39 is 6.04 Å². The van der Waals surface area contributed by atoms with Gasteiger partial charge in [0.15, 0.2) is 0 Å². The number of rotatable bonds is 7. The van der Waals surface area contributed by atoms with Crippen molar-refractivity contribution in [3.63, 3.8) is 0 Å². The first-order chi connectivity index (χ1) is 16.0. The summed E-state index contributed by atoms with van der Waals surface area (Å²) in [5.41, 5.74) is 11.5. The van der Waals surface area contributed by atoms with Gasteiger partial charge in [-0.2, -0.15) is 5.10 Å². The highest BCUT2D eigenvalue weighted by Crippen LogP contribution is 2.25. The molecule has 0 radical (unpaired) electrons. The quantitative estimate of drug-likeness (QED) is 0.303. The van der Waals surface area contributed by atoms with Crippen molar-refractivity contribution in [2.75, 3.05) is 0 Å². The summed E-state index contributed by atoms with van der Waals surface area (Å²) >= 11 is 17.9. The monoisotopic (exact) mass is 502 g/mol. The summed E-state index contributed by atoms with van der Waals surface area (Å²) in [5, 5.41) is 5.69. The Hall–Kier alpha value is -2.61. The van der Waals surface area contributed by atoms with Gasteiger partial charge in [0.1, 0.15) is 18.4 Å². The normalized spacial score (nSPS) is 17.9. The van der Waals surface area contributed by atoms with Crippen LogP contribution in [0, 0.1) is 0 Å². The molecule has 2 unspecified atom stereocenters. The van der Waals surface area contributed by atoms with E-state index in [1.54, 1.807) is 18.2 Å². The molecule has 3 aromatic rings. The highest BCUT2D eigenvalue weighted by atomic mass is 35.5. The topological polar surface area (TPSA) is 74.8 Å². The fourth-order valence-corrected chi connectivity index (χ4v) is 3.92. The number of hydrazone groups is 1. The Morgan fingerprint density at radius 3 is 2.45 bits per heavy atom. The fraction of sp³-hybridized carbons (Fsp3) is 0.167. The number of ether oxygens (including phenoxy) is 1. The standard InChI is InChI=1S/C24H21Cl3N4O2/c25-18-6-1-15(2-7-18)14-33-20-9-4-16(5-10-20)22-12-23(30-29-22)24(32)31-28-13-17-3-8-19(26)11-21(17)27/h1-11,13,22-23,29-30H,12,14H2,(H,31,32)/b28-13+. The van der Waals surface area contributed by atoms with Crippen molar-refractivity contribution in [1.29, 1.82) is 0 Å². The Kier molecular flexibility index (Phi) is 7.85. The number of halogens is 3. The zero-order chi connectivity index (χ0) is 23.2. The lowest BCUT2D eigenvalue weighted by Gasteiger charge is -2.11. The third-order valence-corrected chi connectivity index (χ3v) is 5.98. The first kappa shape index (κ1) is 23.5. The Morgan fingerprint density at radius 1 is 1.00 bits per heavy atom. The van der Waals surface area contributed by atoms with Crippen LogP contribution in [0.15, 0.2) is 71.8 Å². The minimum Gasteiger partial charge on any atom is -0.489 e. The number of carbonyl (C=O) groups excluding carboxylic acids is 1. The zero-order valence-corrected chi connectivity index (χ0v) is 19.7. The summed E-state index contributed by atoms with van der Waals surface area (Å²) in [6, 6.07) is 20.0. The van der Waals surface area contributed by atoms with Gasteiger partial charge in [-0.15, -0.1) is 0 Å². The number of nitrogens with one attached hydrogen (secondary N) is 3. The zero-order valence-electron chi connectivity index (χ0n) is 17.4. The van der Waals surface area contributed by atoms with Gasteiger partial charge in [-0.1, -0.05) is 65.1 Å². The average molecular weight is 504 g/mol. The van der Waals surface area contributed by atoms with Crippen molar-refractivity contribution in [3.8, 4) is 5.75 Å². The summed E-state index contributed by atoms with van der Waals surface area (Å²) in [7, 11) is 0. The van der Waals surface area contributed by atoms with Gasteiger partial charge in [0.2, 0.25) is 0 Å². The van der Waals surface area contributed by atoms with Gasteiger partial charge in [-0.05, 0) is 53.9 Å². The molecule has 0 saturated carbocycles. The van der Waals surface area contributed by atoms with E-state index in [1.807, 2.05) is 48.5 Å². The first-order valence-electron chi connectivity index (χ1n) is 10.2. The molecular formula is C24H21Cl3N4O2. The van der Waals surface area contributed by atoms with Crippen LogP contribution in [-0.2, 0) is 11.4 Å². The highest BCUT2D eigenvalue weighted by Gasteiger charge is 2.30. The van der Waals surface area contributed by atoms with Crippen LogP contribution >= 0.6 is 34.8 Å². The van der Waals surface area contributed by atoms with Gasteiger partial charge in [0.25, 0.3) is 5.91 Å². The second-order valence-electron chi connectivity index (χ2n) is 7.51. The predicted molar refractivity (Wildman–Crippen MR) is 132 cm³/mol. The number of hydrogen-bond donors (Lipinski definition) is 3. The van der Waals surface area contributed by atoms with E-state index in [0.29, 0.717) is 33.7 Å². The molecule has 6 nitrogen and oxygen atoms in total. The smallest absolute Gasteiger partial charge is 0.258 e. The molecule has 1 amide bonds. The van der Waals surface area contributed by atoms with Gasteiger partial charge >= 0.3 is 0 Å². The SMILES string of the molecule is O=C(N/N=C/c1ccc(Cl)cc1Cl)C1CC(c2ccc(OCc3ccc(Cl)cc3)cc2)NN1. The number of hydrazine groups is 1. The van der Waals surface area contributed by atoms with Gasteiger partial charge in [-0.25, -0.2) is 16.3 Å². The van der Waals surface area contributed by atoms with E-state index in [2.05, 4.69) is 21.4 Å². The molecule has 1 aliphatic heterocycles. The van der Waals surface area contributed by atoms with Crippen LogP contribution in [0.5, 0.6) is 5.75 Å². The molecule has 1 heterocycles. The van der Waals surface area contributed by atoms with Crippen molar-refractivity contribution in [3.05, 3.63) is 98.5 Å². The number of benzene rings is 3. The van der Waals surface area contributed by atoms with Crippen LogP contribution in [0.1, 0.15) is 29.2 Å². The van der Waals surface area contributed by atoms with Crippen molar-refractivity contribution < 1.29 is 9.53 Å². The summed E-state index contributed by atoms with van der Waals surface area (Å²) in [6.07, 6.45) is 2.06. The van der Waals surface area contributed by atoms with Crippen LogP contribution in [0.25, 0.3) is 0 Å². The molecule has 9 heteroatoms. The maximum atomic E-state index is 12.4. The molecule has 1 fully saturated rings. The largest absolute Gasteiger partial charge is 0.489 e. The second kappa shape index (κ2) is 11.0. The number of carbonyl (C=O) groups is 1. The first-order valence-corrected chi connectivity index (χ1v) is 11.4. The summed E-state index contributed by atoms with van der Waals surface area (Å²) < 4.78 is 5.83. The van der Waals surface area contributed by atoms with Crippen LogP contribution in [0.3, 0.4) is 0 Å². The predicted octanol–water partition coefficient (Wildman–Crippen LogP) is 5.28. The molecule has 0 aliphatic carbocycles. The van der Waals surface area contributed by atoms with Crippen LogP contribution < -0.4 is 21.0 Å². The van der Waals surface area contributed by atoms with Gasteiger partial charge in [0.05, 0.1) is 11.2 Å². The van der Waals surface area contributed by atoms with E-state index in [0.717, 1.165) is 16.9 Å². The minimum absolute atomic E-state index is 0.0132. The van der Waals surface area contributed by atoms with Crippen LogP contribution in [-0.4, -0.2) is 18.2 Å². The molecule has 2 atom stereocenters. The molecule has 1 saturated heterocycles. The van der Waals surface area contributed by atoms with Crippen molar-refractivity contribution in [1.82, 2.24) is 16.3 Å². The molecule has 33 heavy (non-hydrogen) atoms.